The van der Waals surface area contributed by atoms with E-state index in [-0.39, 0.29) is 24.0 Å². The predicted molar refractivity (Wildman–Crippen MR) is 119 cm³/mol. The average Bonchev–Trinajstić information content (AvgIpc) is 2.75. The molecule has 0 aromatic heterocycles. The van der Waals surface area contributed by atoms with E-state index >= 15 is 0 Å². The second-order valence-electron chi connectivity index (χ2n) is 7.05. The largest absolute Gasteiger partial charge is 0.454 e. The topological polar surface area (TPSA) is 108 Å². The Morgan fingerprint density at radius 1 is 1.03 bits per heavy atom. The molecule has 0 spiro atoms. The second-order valence-corrected chi connectivity index (χ2v) is 8.07. The summed E-state index contributed by atoms with van der Waals surface area (Å²) in [4.78, 5) is 37.8. The van der Waals surface area contributed by atoms with Crippen molar-refractivity contribution in [3.05, 3.63) is 60.2 Å². The van der Waals surface area contributed by atoms with Gasteiger partial charge in [-0.2, -0.15) is 5.26 Å². The lowest BCUT2D eigenvalue weighted by Gasteiger charge is -2.21. The van der Waals surface area contributed by atoms with Gasteiger partial charge in [-0.25, -0.2) is 4.79 Å². The van der Waals surface area contributed by atoms with Crippen LogP contribution in [0.15, 0.2) is 59.5 Å². The summed E-state index contributed by atoms with van der Waals surface area (Å²) in [5.41, 5.74) is 1.38. The van der Waals surface area contributed by atoms with Crippen LogP contribution in [0.5, 0.6) is 0 Å². The van der Waals surface area contributed by atoms with Crippen LogP contribution in [0.2, 0.25) is 0 Å². The zero-order chi connectivity index (χ0) is 22.6. The fraction of sp³-hybridized carbons (Fsp3) is 0.304. The maximum Gasteiger partial charge on any atom is 0.329 e. The minimum Gasteiger partial charge on any atom is -0.454 e. The zero-order valence-corrected chi connectivity index (χ0v) is 18.3. The molecule has 2 amide bonds. The first-order valence-corrected chi connectivity index (χ1v) is 10.8. The minimum atomic E-state index is -0.859. The van der Waals surface area contributed by atoms with Crippen LogP contribution in [0, 0.1) is 17.2 Å². The summed E-state index contributed by atoms with van der Waals surface area (Å²) in [5.74, 6) is -1.43. The van der Waals surface area contributed by atoms with Gasteiger partial charge in [-0.05, 0) is 23.6 Å². The Kier molecular flexibility index (Phi) is 9.59. The van der Waals surface area contributed by atoms with Crippen molar-refractivity contribution in [3.63, 3.8) is 0 Å². The molecule has 7 nitrogen and oxygen atoms in total. The molecule has 0 aliphatic heterocycles. The van der Waals surface area contributed by atoms with Gasteiger partial charge in [0.15, 0.2) is 6.61 Å². The summed E-state index contributed by atoms with van der Waals surface area (Å²) in [6, 6.07) is 17.5. The molecule has 0 heterocycles. The standard InChI is InChI=1S/C23H25N3O4S/c1-16(2)22(26-20(27)14-17-8-4-3-5-9-17)23(29)30-15-21(28)25-18-10-6-7-11-19(18)31-13-12-24/h3-11,16,22H,13-15H2,1-2H3,(H,25,28)(H,26,27)/t22-/m0/s1. The van der Waals surface area contributed by atoms with Gasteiger partial charge in [0.25, 0.3) is 5.91 Å². The van der Waals surface area contributed by atoms with Crippen LogP contribution in [0.1, 0.15) is 19.4 Å². The summed E-state index contributed by atoms with van der Waals surface area (Å²) in [6.07, 6.45) is 0.148. The SMILES string of the molecule is CC(C)[C@H](NC(=O)Cc1ccccc1)C(=O)OCC(=O)Nc1ccccc1SCC#N. The number of amides is 2. The number of nitrogens with zero attached hydrogens (tertiary/aromatic N) is 1. The van der Waals surface area contributed by atoms with Crippen molar-refractivity contribution >= 4 is 35.2 Å². The van der Waals surface area contributed by atoms with E-state index in [0.29, 0.717) is 5.69 Å². The summed E-state index contributed by atoms with van der Waals surface area (Å²) in [7, 11) is 0. The molecule has 0 saturated carbocycles. The molecule has 31 heavy (non-hydrogen) atoms. The number of para-hydroxylation sites is 1. The van der Waals surface area contributed by atoms with Gasteiger partial charge in [-0.15, -0.1) is 11.8 Å². The lowest BCUT2D eigenvalue weighted by atomic mass is 10.0. The first-order chi connectivity index (χ1) is 14.9. The van der Waals surface area contributed by atoms with Crippen LogP contribution in [0.4, 0.5) is 5.69 Å². The number of nitriles is 1. The normalized spacial score (nSPS) is 11.3. The number of anilines is 1. The lowest BCUT2D eigenvalue weighted by molar-refractivity contribution is -0.151. The molecule has 1 atom stereocenters. The summed E-state index contributed by atoms with van der Waals surface area (Å²) in [6.45, 7) is 3.10. The maximum atomic E-state index is 12.5. The number of benzene rings is 2. The van der Waals surface area contributed by atoms with Crippen LogP contribution >= 0.6 is 11.8 Å². The Morgan fingerprint density at radius 3 is 2.39 bits per heavy atom. The van der Waals surface area contributed by atoms with Crippen molar-refractivity contribution in [2.45, 2.75) is 31.2 Å². The van der Waals surface area contributed by atoms with E-state index in [9.17, 15) is 14.4 Å². The van der Waals surface area contributed by atoms with E-state index in [1.807, 2.05) is 36.4 Å². The molecule has 0 unspecified atom stereocenters. The van der Waals surface area contributed by atoms with E-state index in [2.05, 4.69) is 10.6 Å². The molecule has 0 saturated heterocycles. The number of hydrogen-bond acceptors (Lipinski definition) is 6. The molecule has 162 valence electrons. The molecule has 0 aliphatic carbocycles. The van der Waals surface area contributed by atoms with Crippen molar-refractivity contribution in [2.24, 2.45) is 5.92 Å². The number of rotatable bonds is 10. The van der Waals surface area contributed by atoms with Crippen molar-refractivity contribution in [3.8, 4) is 6.07 Å². The molecule has 0 fully saturated rings. The van der Waals surface area contributed by atoms with Crippen LogP contribution < -0.4 is 10.6 Å². The number of thioether (sulfide) groups is 1. The van der Waals surface area contributed by atoms with Crippen molar-refractivity contribution in [2.75, 3.05) is 17.7 Å². The number of esters is 1. The highest BCUT2D eigenvalue weighted by Gasteiger charge is 2.26. The van der Waals surface area contributed by atoms with E-state index < -0.39 is 24.5 Å². The lowest BCUT2D eigenvalue weighted by Crippen LogP contribution is -2.46. The molecule has 0 aliphatic rings. The summed E-state index contributed by atoms with van der Waals surface area (Å²) >= 11 is 1.30. The van der Waals surface area contributed by atoms with Gasteiger partial charge >= 0.3 is 5.97 Å². The highest BCUT2D eigenvalue weighted by atomic mass is 32.2. The van der Waals surface area contributed by atoms with Gasteiger partial charge < -0.3 is 15.4 Å². The predicted octanol–water partition coefficient (Wildman–Crippen LogP) is 3.17. The summed E-state index contributed by atoms with van der Waals surface area (Å²) < 4.78 is 5.15. The number of hydrogen-bond donors (Lipinski definition) is 2. The van der Waals surface area contributed by atoms with Gasteiger partial charge in [-0.3, -0.25) is 9.59 Å². The maximum absolute atomic E-state index is 12.5. The number of carbonyl (C=O) groups excluding carboxylic acids is 3. The Bertz CT molecular complexity index is 941. The van der Waals surface area contributed by atoms with Gasteiger partial charge in [0.2, 0.25) is 5.91 Å². The molecule has 0 bridgehead atoms. The van der Waals surface area contributed by atoms with Crippen LogP contribution in [0.3, 0.4) is 0 Å². The third-order valence-electron chi connectivity index (χ3n) is 4.24. The van der Waals surface area contributed by atoms with Crippen LogP contribution in [-0.4, -0.2) is 36.2 Å². The Hall–Kier alpha value is -3.31. The van der Waals surface area contributed by atoms with Gasteiger partial charge in [-0.1, -0.05) is 56.3 Å². The summed E-state index contributed by atoms with van der Waals surface area (Å²) in [5, 5.41) is 14.1. The molecule has 2 rings (SSSR count). The quantitative estimate of drug-likeness (QED) is 0.435. The third kappa shape index (κ3) is 8.15. The highest BCUT2D eigenvalue weighted by Crippen LogP contribution is 2.26. The fourth-order valence-electron chi connectivity index (χ4n) is 2.72. The average molecular weight is 440 g/mol. The zero-order valence-electron chi connectivity index (χ0n) is 17.5. The Morgan fingerprint density at radius 2 is 1.71 bits per heavy atom. The number of nitrogens with one attached hydrogen (secondary N) is 2. The van der Waals surface area contributed by atoms with Gasteiger partial charge in [0.05, 0.1) is 23.9 Å². The molecule has 8 heteroatoms. The van der Waals surface area contributed by atoms with Crippen molar-refractivity contribution in [1.82, 2.24) is 5.32 Å². The third-order valence-corrected chi connectivity index (χ3v) is 5.18. The van der Waals surface area contributed by atoms with E-state index in [4.69, 9.17) is 10.00 Å². The van der Waals surface area contributed by atoms with Crippen molar-refractivity contribution in [1.29, 1.82) is 5.26 Å². The second kappa shape index (κ2) is 12.4. The number of carbonyl (C=O) groups is 3. The molecule has 2 aromatic carbocycles. The molecular weight excluding hydrogens is 414 g/mol. The van der Waals surface area contributed by atoms with E-state index in [1.165, 1.54) is 11.8 Å². The Balaban J connectivity index is 1.89. The smallest absolute Gasteiger partial charge is 0.329 e. The van der Waals surface area contributed by atoms with Crippen LogP contribution in [-0.2, 0) is 25.5 Å². The van der Waals surface area contributed by atoms with E-state index in [1.54, 1.807) is 38.1 Å². The first-order valence-electron chi connectivity index (χ1n) is 9.79. The van der Waals surface area contributed by atoms with Crippen molar-refractivity contribution < 1.29 is 19.1 Å². The molecular formula is C23H25N3O4S. The Labute approximate surface area is 186 Å². The molecule has 2 N–H and O–H groups in total. The van der Waals surface area contributed by atoms with Gasteiger partial charge in [0.1, 0.15) is 6.04 Å². The monoisotopic (exact) mass is 439 g/mol. The minimum absolute atomic E-state index is 0.148. The first kappa shape index (κ1) is 24.0. The highest BCUT2D eigenvalue weighted by molar-refractivity contribution is 7.99. The number of ether oxygens (including phenoxy) is 1. The van der Waals surface area contributed by atoms with Gasteiger partial charge in [0, 0.05) is 4.90 Å². The molecule has 0 radical (unpaired) electrons. The fourth-order valence-corrected chi connectivity index (χ4v) is 3.39. The van der Waals surface area contributed by atoms with Crippen LogP contribution in [0.25, 0.3) is 0 Å². The molecule has 2 aromatic rings. The van der Waals surface area contributed by atoms with E-state index in [0.717, 1.165) is 10.5 Å².